The summed E-state index contributed by atoms with van der Waals surface area (Å²) in [7, 11) is 0. The molecule has 0 saturated heterocycles. The molecule has 88 valence electrons. The van der Waals surface area contributed by atoms with Gasteiger partial charge in [0.1, 0.15) is 5.82 Å². The Balaban J connectivity index is 2.18. The number of benzene rings is 1. The zero-order valence-electron chi connectivity index (χ0n) is 8.72. The molecule has 1 N–H and O–H groups in total. The summed E-state index contributed by atoms with van der Waals surface area (Å²) in [5.41, 5.74) is -0.709. The summed E-state index contributed by atoms with van der Waals surface area (Å²) in [5.74, 6) is -3.07. The summed E-state index contributed by atoms with van der Waals surface area (Å²) in [5, 5.41) is 10.2. The van der Waals surface area contributed by atoms with E-state index in [2.05, 4.69) is 0 Å². The van der Waals surface area contributed by atoms with Crippen LogP contribution in [0.5, 0.6) is 0 Å². The van der Waals surface area contributed by atoms with E-state index in [9.17, 15) is 18.3 Å². The minimum atomic E-state index is -2.67. The van der Waals surface area contributed by atoms with Gasteiger partial charge in [-0.1, -0.05) is 12.1 Å². The average molecular weight is 230 g/mol. The van der Waals surface area contributed by atoms with Crippen molar-refractivity contribution >= 4 is 0 Å². The summed E-state index contributed by atoms with van der Waals surface area (Å²) < 4.78 is 38.6. The van der Waals surface area contributed by atoms with Crippen molar-refractivity contribution in [1.29, 1.82) is 0 Å². The monoisotopic (exact) mass is 230 g/mol. The minimum absolute atomic E-state index is 0.0195. The van der Waals surface area contributed by atoms with Gasteiger partial charge in [-0.25, -0.2) is 13.2 Å². The highest BCUT2D eigenvalue weighted by molar-refractivity contribution is 5.23. The maximum absolute atomic E-state index is 13.0. The van der Waals surface area contributed by atoms with E-state index in [1.54, 1.807) is 0 Å². The van der Waals surface area contributed by atoms with Gasteiger partial charge in [0.15, 0.2) is 0 Å². The molecule has 1 fully saturated rings. The van der Waals surface area contributed by atoms with Crippen LogP contribution >= 0.6 is 0 Å². The fraction of sp³-hybridized carbons (Fsp3) is 0.500. The van der Waals surface area contributed by atoms with Gasteiger partial charge in [0.2, 0.25) is 5.92 Å². The fourth-order valence-corrected chi connectivity index (χ4v) is 2.08. The second kappa shape index (κ2) is 3.77. The fourth-order valence-electron chi connectivity index (χ4n) is 2.08. The summed E-state index contributed by atoms with van der Waals surface area (Å²) in [6.45, 7) is 0. The highest BCUT2D eigenvalue weighted by Gasteiger charge is 2.43. The van der Waals surface area contributed by atoms with Crippen LogP contribution in [-0.4, -0.2) is 11.0 Å². The third-order valence-electron chi connectivity index (χ3n) is 3.19. The van der Waals surface area contributed by atoms with Crippen LogP contribution in [0.25, 0.3) is 0 Å². The quantitative estimate of drug-likeness (QED) is 0.785. The van der Waals surface area contributed by atoms with Crippen molar-refractivity contribution in [3.8, 4) is 0 Å². The molecule has 0 atom stereocenters. The number of alkyl halides is 2. The first kappa shape index (κ1) is 11.5. The van der Waals surface area contributed by atoms with Gasteiger partial charge in [-0.2, -0.15) is 0 Å². The molecule has 0 heterocycles. The Bertz CT molecular complexity index is 362. The molecule has 1 aromatic rings. The van der Waals surface area contributed by atoms with Gasteiger partial charge < -0.3 is 5.11 Å². The number of hydrogen-bond acceptors (Lipinski definition) is 1. The van der Waals surface area contributed by atoms with Crippen LogP contribution in [0, 0.1) is 5.82 Å². The van der Waals surface area contributed by atoms with Crippen molar-refractivity contribution < 1.29 is 18.3 Å². The second-order valence-corrected chi connectivity index (χ2v) is 4.39. The van der Waals surface area contributed by atoms with Crippen LogP contribution in [0.2, 0.25) is 0 Å². The number of rotatable bonds is 1. The molecule has 1 aromatic carbocycles. The molecule has 1 nitrogen and oxygen atoms in total. The Kier molecular flexibility index (Phi) is 2.70. The minimum Gasteiger partial charge on any atom is -0.385 e. The SMILES string of the molecule is OC1(c2ccc(F)cc2)CCC(F)(F)CC1. The zero-order valence-corrected chi connectivity index (χ0v) is 8.72. The van der Waals surface area contributed by atoms with Crippen LogP contribution in [0.3, 0.4) is 0 Å². The molecule has 2 rings (SSSR count). The molecule has 0 spiro atoms. The van der Waals surface area contributed by atoms with Crippen molar-refractivity contribution in [1.82, 2.24) is 0 Å². The van der Waals surface area contributed by atoms with Crippen molar-refractivity contribution in [3.63, 3.8) is 0 Å². The van der Waals surface area contributed by atoms with E-state index >= 15 is 0 Å². The topological polar surface area (TPSA) is 20.2 Å². The van der Waals surface area contributed by atoms with Crippen LogP contribution < -0.4 is 0 Å². The van der Waals surface area contributed by atoms with Gasteiger partial charge in [-0.05, 0) is 30.5 Å². The van der Waals surface area contributed by atoms with Crippen molar-refractivity contribution in [2.45, 2.75) is 37.2 Å². The molecule has 0 aromatic heterocycles. The van der Waals surface area contributed by atoms with E-state index in [4.69, 9.17) is 0 Å². The Morgan fingerprint density at radius 3 is 1.94 bits per heavy atom. The van der Waals surface area contributed by atoms with Gasteiger partial charge in [0.05, 0.1) is 5.60 Å². The van der Waals surface area contributed by atoms with Crippen LogP contribution in [0.4, 0.5) is 13.2 Å². The van der Waals surface area contributed by atoms with Gasteiger partial charge >= 0.3 is 0 Å². The Labute approximate surface area is 91.9 Å². The number of halogens is 3. The lowest BCUT2D eigenvalue weighted by molar-refractivity contribution is -0.107. The lowest BCUT2D eigenvalue weighted by Crippen LogP contribution is -2.36. The summed E-state index contributed by atoms with van der Waals surface area (Å²) in [6, 6.07) is 5.39. The van der Waals surface area contributed by atoms with E-state index < -0.39 is 17.3 Å². The van der Waals surface area contributed by atoms with E-state index in [1.807, 2.05) is 0 Å². The van der Waals surface area contributed by atoms with E-state index in [0.717, 1.165) is 0 Å². The smallest absolute Gasteiger partial charge is 0.248 e. The first-order valence-electron chi connectivity index (χ1n) is 5.28. The second-order valence-electron chi connectivity index (χ2n) is 4.39. The Morgan fingerprint density at radius 1 is 0.938 bits per heavy atom. The van der Waals surface area contributed by atoms with E-state index in [-0.39, 0.29) is 25.7 Å². The molecular formula is C12H13F3O. The lowest BCUT2D eigenvalue weighted by atomic mass is 9.78. The van der Waals surface area contributed by atoms with E-state index in [1.165, 1.54) is 24.3 Å². The predicted molar refractivity (Wildman–Crippen MR) is 53.7 cm³/mol. The summed E-state index contributed by atoms with van der Waals surface area (Å²) >= 11 is 0. The summed E-state index contributed by atoms with van der Waals surface area (Å²) in [6.07, 6.45) is -0.598. The maximum Gasteiger partial charge on any atom is 0.248 e. The molecule has 0 radical (unpaired) electrons. The summed E-state index contributed by atoms with van der Waals surface area (Å²) in [4.78, 5) is 0. The largest absolute Gasteiger partial charge is 0.385 e. The van der Waals surface area contributed by atoms with Crippen molar-refractivity contribution in [2.24, 2.45) is 0 Å². The molecule has 0 unspecified atom stereocenters. The van der Waals surface area contributed by atoms with Crippen LogP contribution in [0.15, 0.2) is 24.3 Å². The molecular weight excluding hydrogens is 217 g/mol. The maximum atomic E-state index is 13.0. The Hall–Kier alpha value is -1.03. The van der Waals surface area contributed by atoms with Crippen LogP contribution in [0.1, 0.15) is 31.2 Å². The molecule has 0 amide bonds. The normalized spacial score (nSPS) is 23.0. The van der Waals surface area contributed by atoms with Gasteiger partial charge in [0, 0.05) is 12.8 Å². The first-order valence-corrected chi connectivity index (χ1v) is 5.28. The van der Waals surface area contributed by atoms with Gasteiger partial charge in [-0.3, -0.25) is 0 Å². The molecule has 1 aliphatic carbocycles. The molecule has 16 heavy (non-hydrogen) atoms. The highest BCUT2D eigenvalue weighted by atomic mass is 19.3. The van der Waals surface area contributed by atoms with Crippen molar-refractivity contribution in [3.05, 3.63) is 35.6 Å². The predicted octanol–water partition coefficient (Wildman–Crippen LogP) is 3.22. The third kappa shape index (κ3) is 2.21. The first-order chi connectivity index (χ1) is 7.41. The van der Waals surface area contributed by atoms with E-state index in [0.29, 0.717) is 5.56 Å². The lowest BCUT2D eigenvalue weighted by Gasteiger charge is -2.36. The Morgan fingerprint density at radius 2 is 1.44 bits per heavy atom. The van der Waals surface area contributed by atoms with Gasteiger partial charge in [0.25, 0.3) is 0 Å². The van der Waals surface area contributed by atoms with Crippen molar-refractivity contribution in [2.75, 3.05) is 0 Å². The average Bonchev–Trinajstić information content (AvgIpc) is 2.24. The molecule has 1 aliphatic rings. The number of aliphatic hydroxyl groups is 1. The zero-order chi connectivity index (χ0) is 11.8. The van der Waals surface area contributed by atoms with Gasteiger partial charge in [-0.15, -0.1) is 0 Å². The van der Waals surface area contributed by atoms with Crippen LogP contribution in [-0.2, 0) is 5.60 Å². The molecule has 0 bridgehead atoms. The standard InChI is InChI=1S/C12H13F3O/c13-10-3-1-9(2-4-10)11(16)5-7-12(14,15)8-6-11/h1-4,16H,5-8H2. The molecule has 4 heteroatoms. The molecule has 0 aliphatic heterocycles. The molecule has 1 saturated carbocycles. The highest BCUT2D eigenvalue weighted by Crippen LogP contribution is 2.43. The third-order valence-corrected chi connectivity index (χ3v) is 3.19. The number of hydrogen-bond donors (Lipinski definition) is 1.